The van der Waals surface area contributed by atoms with Gasteiger partial charge < -0.3 is 0 Å². The van der Waals surface area contributed by atoms with Gasteiger partial charge in [-0.25, -0.2) is 0 Å². The number of carbonyl (C=O) groups excluding carboxylic acids is 1. The summed E-state index contributed by atoms with van der Waals surface area (Å²) in [6.07, 6.45) is -3.59. The Morgan fingerprint density at radius 3 is 2.09 bits per heavy atom. The highest BCUT2D eigenvalue weighted by Crippen LogP contribution is 2.29. The lowest BCUT2D eigenvalue weighted by Gasteiger charge is -2.07. The molecule has 0 aromatic heterocycles. The zero-order valence-electron chi connectivity index (χ0n) is 11.6. The molecule has 2 rings (SSSR count). The third-order valence-electron chi connectivity index (χ3n) is 3.29. The molecule has 0 aliphatic rings. The van der Waals surface area contributed by atoms with Crippen LogP contribution in [0.1, 0.15) is 33.5 Å². The molecule has 1 nitrogen and oxygen atoms in total. The fourth-order valence-electron chi connectivity index (χ4n) is 2.01. The molecule has 0 saturated carbocycles. The standard InChI is InChI=1S/C17H13F3OS/c18-17(19,20)15-8-6-14(7-9-15)16(21)10-5-12-1-3-13(11-22)4-2-12/h1-4,6-9,11H,5,10H2. The van der Waals surface area contributed by atoms with Gasteiger partial charge in [-0.15, -0.1) is 0 Å². The molecule has 0 N–H and O–H groups in total. The quantitative estimate of drug-likeness (QED) is 0.577. The fraction of sp³-hybridized carbons (Fsp3) is 0.176. The number of benzene rings is 2. The predicted molar refractivity (Wildman–Crippen MR) is 83.3 cm³/mol. The normalized spacial score (nSPS) is 11.2. The molecule has 2 aromatic rings. The molecule has 0 radical (unpaired) electrons. The minimum atomic E-state index is -4.38. The first-order valence-corrected chi connectivity index (χ1v) is 7.12. The summed E-state index contributed by atoms with van der Waals surface area (Å²) in [7, 11) is 0. The summed E-state index contributed by atoms with van der Waals surface area (Å²) in [6, 6.07) is 11.8. The molecule has 114 valence electrons. The molecule has 0 heterocycles. The Labute approximate surface area is 131 Å². The van der Waals surface area contributed by atoms with Crippen molar-refractivity contribution in [3.8, 4) is 0 Å². The van der Waals surface area contributed by atoms with Crippen LogP contribution in [0.25, 0.3) is 0 Å². The lowest BCUT2D eigenvalue weighted by Crippen LogP contribution is -2.06. The van der Waals surface area contributed by atoms with E-state index in [1.54, 1.807) is 5.37 Å². The Morgan fingerprint density at radius 2 is 1.59 bits per heavy atom. The average Bonchev–Trinajstić information content (AvgIpc) is 2.52. The molecule has 5 heteroatoms. The van der Waals surface area contributed by atoms with Crippen LogP contribution < -0.4 is 0 Å². The summed E-state index contributed by atoms with van der Waals surface area (Å²) < 4.78 is 37.4. The molecule has 2 aromatic carbocycles. The highest BCUT2D eigenvalue weighted by atomic mass is 32.1. The molecular formula is C17H13F3OS. The number of aryl methyl sites for hydroxylation is 1. The van der Waals surface area contributed by atoms with Crippen molar-refractivity contribution >= 4 is 23.4 Å². The Morgan fingerprint density at radius 1 is 1.00 bits per heavy atom. The number of hydrogen-bond donors (Lipinski definition) is 0. The molecule has 0 saturated heterocycles. The van der Waals surface area contributed by atoms with Crippen molar-refractivity contribution in [1.82, 2.24) is 0 Å². The van der Waals surface area contributed by atoms with Gasteiger partial charge in [0.2, 0.25) is 0 Å². The number of hydrogen-bond acceptors (Lipinski definition) is 2. The largest absolute Gasteiger partial charge is 0.416 e. The molecule has 0 spiro atoms. The Bertz CT molecular complexity index is 658. The maximum absolute atomic E-state index is 12.5. The van der Waals surface area contributed by atoms with E-state index in [0.29, 0.717) is 12.0 Å². The van der Waals surface area contributed by atoms with Crippen LogP contribution in [0, 0.1) is 0 Å². The minimum absolute atomic E-state index is 0.173. The van der Waals surface area contributed by atoms with Gasteiger partial charge in [-0.05, 0) is 29.7 Å². The topological polar surface area (TPSA) is 17.1 Å². The summed E-state index contributed by atoms with van der Waals surface area (Å²) in [5.74, 6) is -0.173. The van der Waals surface area contributed by atoms with Gasteiger partial charge in [0, 0.05) is 17.4 Å². The number of alkyl halides is 3. The van der Waals surface area contributed by atoms with Crippen LogP contribution >= 0.6 is 12.2 Å². The predicted octanol–water partition coefficient (Wildman–Crippen LogP) is 4.87. The first-order valence-electron chi connectivity index (χ1n) is 6.65. The zero-order valence-corrected chi connectivity index (χ0v) is 12.4. The lowest BCUT2D eigenvalue weighted by atomic mass is 10.0. The van der Waals surface area contributed by atoms with Crippen molar-refractivity contribution in [2.45, 2.75) is 19.0 Å². The lowest BCUT2D eigenvalue weighted by molar-refractivity contribution is -0.137. The van der Waals surface area contributed by atoms with Crippen molar-refractivity contribution in [3.05, 3.63) is 70.8 Å². The SMILES string of the molecule is O=C(CCc1ccc(C=S)cc1)c1ccc(C(F)(F)F)cc1. The third-order valence-corrected chi connectivity index (χ3v) is 3.56. The fourth-order valence-corrected chi connectivity index (χ4v) is 2.17. The van der Waals surface area contributed by atoms with Crippen LogP contribution in [0.5, 0.6) is 0 Å². The van der Waals surface area contributed by atoms with E-state index in [0.717, 1.165) is 23.3 Å². The number of ketones is 1. The summed E-state index contributed by atoms with van der Waals surface area (Å²) >= 11 is 4.81. The highest BCUT2D eigenvalue weighted by Gasteiger charge is 2.30. The van der Waals surface area contributed by atoms with Crippen LogP contribution in [0.4, 0.5) is 13.2 Å². The first kappa shape index (κ1) is 16.4. The van der Waals surface area contributed by atoms with Crippen LogP contribution in [-0.2, 0) is 12.6 Å². The van der Waals surface area contributed by atoms with E-state index in [1.807, 2.05) is 24.3 Å². The first-order chi connectivity index (χ1) is 10.4. The second kappa shape index (κ2) is 6.83. The van der Waals surface area contributed by atoms with Gasteiger partial charge in [0.15, 0.2) is 5.78 Å². The van der Waals surface area contributed by atoms with Gasteiger partial charge >= 0.3 is 6.18 Å². The molecule has 0 aliphatic carbocycles. The van der Waals surface area contributed by atoms with E-state index in [9.17, 15) is 18.0 Å². The van der Waals surface area contributed by atoms with Gasteiger partial charge in [0.1, 0.15) is 0 Å². The molecule has 22 heavy (non-hydrogen) atoms. The minimum Gasteiger partial charge on any atom is -0.294 e. The van der Waals surface area contributed by atoms with Crippen LogP contribution in [-0.4, -0.2) is 11.2 Å². The number of rotatable bonds is 5. The average molecular weight is 322 g/mol. The Kier molecular flexibility index (Phi) is 5.08. The smallest absolute Gasteiger partial charge is 0.294 e. The number of thiocarbonyl (C=S) groups is 1. The van der Waals surface area contributed by atoms with Gasteiger partial charge in [-0.3, -0.25) is 4.79 Å². The van der Waals surface area contributed by atoms with Crippen molar-refractivity contribution in [3.63, 3.8) is 0 Å². The Hall–Kier alpha value is -2.01. The zero-order chi connectivity index (χ0) is 16.2. The van der Waals surface area contributed by atoms with Gasteiger partial charge in [0.25, 0.3) is 0 Å². The van der Waals surface area contributed by atoms with E-state index in [-0.39, 0.29) is 12.2 Å². The molecule has 0 fully saturated rings. The van der Waals surface area contributed by atoms with Gasteiger partial charge in [0.05, 0.1) is 5.56 Å². The number of Topliss-reactive ketones (excluding diaryl/α,β-unsaturated/α-hetero) is 1. The summed E-state index contributed by atoms with van der Waals surface area (Å²) in [5, 5.41) is 1.57. The van der Waals surface area contributed by atoms with Gasteiger partial charge in [-0.1, -0.05) is 48.6 Å². The molecule has 0 bridgehead atoms. The van der Waals surface area contributed by atoms with Crippen LogP contribution in [0.15, 0.2) is 48.5 Å². The maximum Gasteiger partial charge on any atom is 0.416 e. The molecule has 0 aliphatic heterocycles. The third kappa shape index (κ3) is 4.24. The van der Waals surface area contributed by atoms with Gasteiger partial charge in [-0.2, -0.15) is 13.2 Å². The number of carbonyl (C=O) groups is 1. The summed E-state index contributed by atoms with van der Waals surface area (Å²) in [6.45, 7) is 0. The van der Waals surface area contributed by atoms with Crippen molar-refractivity contribution in [2.75, 3.05) is 0 Å². The van der Waals surface area contributed by atoms with Crippen molar-refractivity contribution < 1.29 is 18.0 Å². The molecule has 0 unspecified atom stereocenters. The number of halogens is 3. The second-order valence-electron chi connectivity index (χ2n) is 4.86. The summed E-state index contributed by atoms with van der Waals surface area (Å²) in [5.41, 5.74) is 1.46. The van der Waals surface area contributed by atoms with E-state index in [1.165, 1.54) is 12.1 Å². The highest BCUT2D eigenvalue weighted by molar-refractivity contribution is 7.79. The monoisotopic (exact) mass is 322 g/mol. The maximum atomic E-state index is 12.5. The second-order valence-corrected chi connectivity index (χ2v) is 5.09. The molecule has 0 atom stereocenters. The Balaban J connectivity index is 1.98. The van der Waals surface area contributed by atoms with Crippen LogP contribution in [0.3, 0.4) is 0 Å². The van der Waals surface area contributed by atoms with E-state index in [4.69, 9.17) is 12.2 Å². The van der Waals surface area contributed by atoms with Crippen molar-refractivity contribution in [1.29, 1.82) is 0 Å². The van der Waals surface area contributed by atoms with Crippen LogP contribution in [0.2, 0.25) is 0 Å². The van der Waals surface area contributed by atoms with E-state index < -0.39 is 11.7 Å². The van der Waals surface area contributed by atoms with E-state index in [2.05, 4.69) is 0 Å². The molecule has 0 amide bonds. The summed E-state index contributed by atoms with van der Waals surface area (Å²) in [4.78, 5) is 12.0. The molecular weight excluding hydrogens is 309 g/mol. The van der Waals surface area contributed by atoms with E-state index >= 15 is 0 Å². The van der Waals surface area contributed by atoms with Crippen molar-refractivity contribution in [2.24, 2.45) is 0 Å².